The molecule has 9 nitrogen and oxygen atoms in total. The molecule has 42 heavy (non-hydrogen) atoms. The van der Waals surface area contributed by atoms with E-state index in [-0.39, 0.29) is 41.3 Å². The number of nitrogens with one attached hydrogen (secondary N) is 1. The van der Waals surface area contributed by atoms with Crippen LogP contribution in [0.15, 0.2) is 71.6 Å². The quantitative estimate of drug-likeness (QED) is 0.336. The number of fused-ring (bicyclic) bond motifs is 1. The van der Waals surface area contributed by atoms with Gasteiger partial charge in [0, 0.05) is 24.2 Å². The van der Waals surface area contributed by atoms with E-state index in [0.29, 0.717) is 29.5 Å². The largest absolute Gasteiger partial charge is 0.486 e. The molecule has 0 unspecified atom stereocenters. The molecule has 0 aliphatic carbocycles. The molecule has 224 valence electrons. The zero-order valence-corrected chi connectivity index (χ0v) is 25.1. The van der Waals surface area contributed by atoms with Crippen LogP contribution in [-0.4, -0.2) is 57.5 Å². The van der Waals surface area contributed by atoms with Gasteiger partial charge in [-0.2, -0.15) is 0 Å². The molecule has 1 N–H and O–H groups in total. The van der Waals surface area contributed by atoms with Crippen molar-refractivity contribution in [3.63, 3.8) is 0 Å². The summed E-state index contributed by atoms with van der Waals surface area (Å²) in [5.74, 6) is -0.762. The van der Waals surface area contributed by atoms with Crippen molar-refractivity contribution in [1.29, 1.82) is 0 Å². The number of halogens is 2. The van der Waals surface area contributed by atoms with Crippen molar-refractivity contribution in [3.05, 3.63) is 83.1 Å². The molecule has 0 fully saturated rings. The van der Waals surface area contributed by atoms with Crippen LogP contribution in [-0.2, 0) is 26.2 Å². The van der Waals surface area contributed by atoms with Crippen LogP contribution in [0.3, 0.4) is 0 Å². The average molecular weight is 618 g/mol. The van der Waals surface area contributed by atoms with Crippen LogP contribution < -0.4 is 19.1 Å². The Morgan fingerprint density at radius 1 is 0.976 bits per heavy atom. The maximum atomic E-state index is 14.0. The summed E-state index contributed by atoms with van der Waals surface area (Å²) in [7, 11) is -4.37. The Morgan fingerprint density at radius 2 is 1.67 bits per heavy atom. The summed E-state index contributed by atoms with van der Waals surface area (Å²) in [5.41, 5.74) is 0.724. The minimum absolute atomic E-state index is 0.00299. The number of sulfonamides is 1. The average Bonchev–Trinajstić information content (AvgIpc) is 2.97. The van der Waals surface area contributed by atoms with Gasteiger partial charge in [-0.25, -0.2) is 12.8 Å². The Labute approximate surface area is 250 Å². The molecule has 0 radical (unpaired) electrons. The van der Waals surface area contributed by atoms with E-state index in [9.17, 15) is 22.4 Å². The van der Waals surface area contributed by atoms with Crippen LogP contribution in [0.2, 0.25) is 5.02 Å². The molecule has 1 aliphatic rings. The fraction of sp³-hybridized carbons (Fsp3) is 0.333. The van der Waals surface area contributed by atoms with Crippen molar-refractivity contribution in [1.82, 2.24) is 10.2 Å². The number of carbonyl (C=O) groups is 2. The Bertz CT molecular complexity index is 1530. The summed E-state index contributed by atoms with van der Waals surface area (Å²) < 4.78 is 53.8. The number of hydrogen-bond donors (Lipinski definition) is 1. The number of hydrogen-bond acceptors (Lipinski definition) is 6. The van der Waals surface area contributed by atoms with E-state index in [2.05, 4.69) is 5.32 Å². The molecule has 3 aromatic rings. The molecule has 1 heterocycles. The van der Waals surface area contributed by atoms with Gasteiger partial charge in [0.1, 0.15) is 31.6 Å². The van der Waals surface area contributed by atoms with Gasteiger partial charge in [-0.3, -0.25) is 13.9 Å². The number of rotatable bonds is 11. The van der Waals surface area contributed by atoms with Gasteiger partial charge in [0.2, 0.25) is 11.8 Å². The van der Waals surface area contributed by atoms with E-state index in [1.54, 1.807) is 31.2 Å². The highest BCUT2D eigenvalue weighted by Crippen LogP contribution is 2.34. The second-order valence-corrected chi connectivity index (χ2v) is 12.6. The second kappa shape index (κ2) is 13.4. The predicted molar refractivity (Wildman–Crippen MR) is 158 cm³/mol. The fourth-order valence-corrected chi connectivity index (χ4v) is 5.96. The Hall–Kier alpha value is -3.83. The van der Waals surface area contributed by atoms with Gasteiger partial charge >= 0.3 is 0 Å². The van der Waals surface area contributed by atoms with E-state index >= 15 is 0 Å². The van der Waals surface area contributed by atoms with Crippen molar-refractivity contribution in [2.75, 3.05) is 30.6 Å². The van der Waals surface area contributed by atoms with Crippen molar-refractivity contribution < 1.29 is 31.9 Å². The van der Waals surface area contributed by atoms with Gasteiger partial charge in [-0.05, 0) is 66.9 Å². The van der Waals surface area contributed by atoms with Crippen LogP contribution in [0.5, 0.6) is 11.5 Å². The molecule has 3 aromatic carbocycles. The standard InChI is InChI=1S/C30H33ClFN3O6S/c1-20(2)17-33-30(37)21(3)34(18-22-5-4-6-23(31)15-22)29(36)19-35(25-9-7-24(32)8-10-25)42(38,39)26-11-12-27-28(16-26)41-14-13-40-27/h4-12,15-16,20-21H,13-14,17-19H2,1-3H3,(H,33,37)/t21-/m1/s1. The smallest absolute Gasteiger partial charge is 0.264 e. The van der Waals surface area contributed by atoms with E-state index in [0.717, 1.165) is 16.4 Å². The molecule has 4 rings (SSSR count). The molecule has 0 aromatic heterocycles. The lowest BCUT2D eigenvalue weighted by molar-refractivity contribution is -0.139. The summed E-state index contributed by atoms with van der Waals surface area (Å²) >= 11 is 6.17. The number of anilines is 1. The van der Waals surface area contributed by atoms with Gasteiger partial charge in [-0.15, -0.1) is 0 Å². The van der Waals surface area contributed by atoms with E-state index < -0.39 is 34.3 Å². The molecule has 1 atom stereocenters. The SMILES string of the molecule is CC(C)CNC(=O)[C@@H](C)N(Cc1cccc(Cl)c1)C(=O)CN(c1ccc(F)cc1)S(=O)(=O)c1ccc2c(c1)OCCO2. The van der Waals surface area contributed by atoms with Crippen LogP contribution >= 0.6 is 11.6 Å². The highest BCUT2D eigenvalue weighted by Gasteiger charge is 2.33. The zero-order chi connectivity index (χ0) is 30.4. The topological polar surface area (TPSA) is 105 Å². The third kappa shape index (κ3) is 7.51. The molecule has 0 spiro atoms. The monoisotopic (exact) mass is 617 g/mol. The molecular formula is C30H33ClFN3O6S. The van der Waals surface area contributed by atoms with Crippen molar-refractivity contribution >= 4 is 39.1 Å². The van der Waals surface area contributed by atoms with Crippen molar-refractivity contribution in [2.24, 2.45) is 5.92 Å². The van der Waals surface area contributed by atoms with Gasteiger partial charge in [-0.1, -0.05) is 37.6 Å². The molecular weight excluding hydrogens is 585 g/mol. The first-order valence-corrected chi connectivity index (χ1v) is 15.3. The molecule has 0 saturated carbocycles. The number of nitrogens with zero attached hydrogens (tertiary/aromatic N) is 2. The first-order chi connectivity index (χ1) is 20.0. The van der Waals surface area contributed by atoms with Gasteiger partial charge < -0.3 is 19.7 Å². The Balaban J connectivity index is 1.71. The first-order valence-electron chi connectivity index (χ1n) is 13.5. The summed E-state index contributed by atoms with van der Waals surface area (Å²) in [6.45, 7) is 5.80. The fourth-order valence-electron chi connectivity index (χ4n) is 4.31. The van der Waals surface area contributed by atoms with Crippen LogP contribution in [0.1, 0.15) is 26.3 Å². The van der Waals surface area contributed by atoms with Gasteiger partial charge in [0.25, 0.3) is 10.0 Å². The van der Waals surface area contributed by atoms with E-state index in [4.69, 9.17) is 21.1 Å². The molecule has 1 aliphatic heterocycles. The molecule has 0 bridgehead atoms. The number of ether oxygens (including phenoxy) is 2. The zero-order valence-electron chi connectivity index (χ0n) is 23.5. The summed E-state index contributed by atoms with van der Waals surface area (Å²) in [6.07, 6.45) is 0. The van der Waals surface area contributed by atoms with Crippen molar-refractivity contribution in [3.8, 4) is 11.5 Å². The highest BCUT2D eigenvalue weighted by atomic mass is 35.5. The van der Waals surface area contributed by atoms with E-state index in [1.807, 2.05) is 13.8 Å². The van der Waals surface area contributed by atoms with Gasteiger partial charge in [0.15, 0.2) is 11.5 Å². The van der Waals surface area contributed by atoms with Crippen LogP contribution in [0.4, 0.5) is 10.1 Å². The van der Waals surface area contributed by atoms with Crippen LogP contribution in [0.25, 0.3) is 0 Å². The minimum Gasteiger partial charge on any atom is -0.486 e. The summed E-state index contributed by atoms with van der Waals surface area (Å²) in [5, 5.41) is 3.28. The third-order valence-corrected chi connectivity index (χ3v) is 8.59. The number of amides is 2. The summed E-state index contributed by atoms with van der Waals surface area (Å²) in [4.78, 5) is 28.2. The highest BCUT2D eigenvalue weighted by molar-refractivity contribution is 7.92. The second-order valence-electron chi connectivity index (χ2n) is 10.3. The predicted octanol–water partition coefficient (Wildman–Crippen LogP) is 4.64. The first kappa shape index (κ1) is 31.1. The normalized spacial score (nSPS) is 13.4. The lowest BCUT2D eigenvalue weighted by atomic mass is 10.1. The maximum absolute atomic E-state index is 14.0. The lowest BCUT2D eigenvalue weighted by Gasteiger charge is -2.32. The third-order valence-electron chi connectivity index (χ3n) is 6.59. The Morgan fingerprint density at radius 3 is 2.33 bits per heavy atom. The molecule has 0 saturated heterocycles. The van der Waals surface area contributed by atoms with Crippen LogP contribution in [0, 0.1) is 11.7 Å². The number of benzene rings is 3. The minimum atomic E-state index is -4.37. The van der Waals surface area contributed by atoms with E-state index in [1.165, 1.54) is 35.2 Å². The summed E-state index contributed by atoms with van der Waals surface area (Å²) in [6, 6.07) is 14.8. The van der Waals surface area contributed by atoms with Gasteiger partial charge in [0.05, 0.1) is 10.6 Å². The Kier molecular flexibility index (Phi) is 9.95. The molecule has 12 heteroatoms. The lowest BCUT2D eigenvalue weighted by Crippen LogP contribution is -2.51. The maximum Gasteiger partial charge on any atom is 0.264 e. The van der Waals surface area contributed by atoms with Crippen molar-refractivity contribution in [2.45, 2.75) is 38.3 Å². The molecule has 2 amide bonds. The number of carbonyl (C=O) groups excluding carboxylic acids is 2.